The highest BCUT2D eigenvalue weighted by molar-refractivity contribution is 6.32. The van der Waals surface area contributed by atoms with Gasteiger partial charge >= 0.3 is 0 Å². The summed E-state index contributed by atoms with van der Waals surface area (Å²) in [6.45, 7) is 2.41. The summed E-state index contributed by atoms with van der Waals surface area (Å²) < 4.78 is 6.96. The molecule has 0 fully saturated rings. The number of hydrogen-bond donors (Lipinski definition) is 1. The van der Waals surface area contributed by atoms with E-state index in [1.165, 1.54) is 0 Å². The molecule has 1 aromatic heterocycles. The van der Waals surface area contributed by atoms with Gasteiger partial charge in [0.2, 0.25) is 0 Å². The van der Waals surface area contributed by atoms with Crippen LogP contribution in [-0.2, 0) is 13.6 Å². The first-order valence-electron chi connectivity index (χ1n) is 5.65. The number of rotatable bonds is 3. The Morgan fingerprint density at radius 2 is 2.17 bits per heavy atom. The van der Waals surface area contributed by atoms with Gasteiger partial charge in [-0.25, -0.2) is 0 Å². The third-order valence-electron chi connectivity index (χ3n) is 2.97. The number of methoxy groups -OCH3 is 1. The summed E-state index contributed by atoms with van der Waals surface area (Å²) in [7, 11) is 3.49. The smallest absolute Gasteiger partial charge is 0.137 e. The molecule has 2 N–H and O–H groups in total. The minimum Gasteiger partial charge on any atom is -0.495 e. The number of aromatic nitrogens is 2. The summed E-state index contributed by atoms with van der Waals surface area (Å²) >= 11 is 6.15. The van der Waals surface area contributed by atoms with Crippen molar-refractivity contribution < 1.29 is 4.74 Å². The summed E-state index contributed by atoms with van der Waals surface area (Å²) in [5.41, 5.74) is 9.77. The fourth-order valence-electron chi connectivity index (χ4n) is 2.14. The van der Waals surface area contributed by atoms with E-state index in [1.54, 1.807) is 7.11 Å². The molecule has 0 spiro atoms. The zero-order chi connectivity index (χ0) is 13.3. The molecule has 0 radical (unpaired) electrons. The van der Waals surface area contributed by atoms with Crippen molar-refractivity contribution >= 4 is 11.6 Å². The summed E-state index contributed by atoms with van der Waals surface area (Å²) in [5.74, 6) is 0.663. The molecular weight excluding hydrogens is 250 g/mol. The first-order valence-corrected chi connectivity index (χ1v) is 6.02. The highest BCUT2D eigenvalue weighted by atomic mass is 35.5. The Kier molecular flexibility index (Phi) is 3.59. The molecule has 2 aromatic rings. The van der Waals surface area contributed by atoms with Gasteiger partial charge in [0.25, 0.3) is 0 Å². The molecule has 0 aliphatic heterocycles. The van der Waals surface area contributed by atoms with E-state index >= 15 is 0 Å². The Bertz CT molecular complexity index is 578. The van der Waals surface area contributed by atoms with Crippen molar-refractivity contribution in [3.63, 3.8) is 0 Å². The van der Waals surface area contributed by atoms with Gasteiger partial charge in [0.15, 0.2) is 0 Å². The Labute approximate surface area is 111 Å². The standard InChI is InChI=1S/C13H16ClN3O/c1-8-13(11(7-15)17(2)16-8)9-4-5-12(18-3)10(14)6-9/h4-6H,7,15H2,1-3H3. The van der Waals surface area contributed by atoms with Crippen molar-refractivity contribution in [3.8, 4) is 16.9 Å². The van der Waals surface area contributed by atoms with Crippen LogP contribution in [0.1, 0.15) is 11.4 Å². The number of nitrogens with zero attached hydrogens (tertiary/aromatic N) is 2. The van der Waals surface area contributed by atoms with E-state index in [0.29, 0.717) is 17.3 Å². The fourth-order valence-corrected chi connectivity index (χ4v) is 2.40. The minimum absolute atomic E-state index is 0.441. The van der Waals surface area contributed by atoms with Crippen LogP contribution in [0, 0.1) is 6.92 Å². The number of benzene rings is 1. The molecule has 5 heteroatoms. The van der Waals surface area contributed by atoms with Gasteiger partial charge < -0.3 is 10.5 Å². The average molecular weight is 266 g/mol. The topological polar surface area (TPSA) is 53.1 Å². The highest BCUT2D eigenvalue weighted by Crippen LogP contribution is 2.33. The van der Waals surface area contributed by atoms with E-state index in [0.717, 1.165) is 22.5 Å². The van der Waals surface area contributed by atoms with Crippen molar-refractivity contribution in [1.82, 2.24) is 9.78 Å². The van der Waals surface area contributed by atoms with E-state index in [-0.39, 0.29) is 0 Å². The summed E-state index contributed by atoms with van der Waals surface area (Å²) in [5, 5.41) is 4.98. The van der Waals surface area contributed by atoms with Gasteiger partial charge in [0.1, 0.15) is 5.75 Å². The van der Waals surface area contributed by atoms with E-state index in [4.69, 9.17) is 22.1 Å². The van der Waals surface area contributed by atoms with Crippen LogP contribution < -0.4 is 10.5 Å². The summed E-state index contributed by atoms with van der Waals surface area (Å²) in [4.78, 5) is 0. The van der Waals surface area contributed by atoms with Crippen molar-refractivity contribution in [2.24, 2.45) is 12.8 Å². The quantitative estimate of drug-likeness (QED) is 0.928. The lowest BCUT2D eigenvalue weighted by Gasteiger charge is -2.08. The van der Waals surface area contributed by atoms with Gasteiger partial charge in [-0.05, 0) is 24.6 Å². The Hall–Kier alpha value is -1.52. The molecule has 1 heterocycles. The van der Waals surface area contributed by atoms with Gasteiger partial charge in [0.05, 0.1) is 23.5 Å². The number of nitrogens with two attached hydrogens (primary N) is 1. The fraction of sp³-hybridized carbons (Fsp3) is 0.308. The third kappa shape index (κ3) is 2.09. The lowest BCUT2D eigenvalue weighted by Crippen LogP contribution is -2.05. The zero-order valence-corrected chi connectivity index (χ0v) is 11.5. The molecule has 96 valence electrons. The van der Waals surface area contributed by atoms with Gasteiger partial charge in [-0.15, -0.1) is 0 Å². The predicted molar refractivity (Wildman–Crippen MR) is 72.8 cm³/mol. The molecule has 0 atom stereocenters. The third-order valence-corrected chi connectivity index (χ3v) is 3.27. The zero-order valence-electron chi connectivity index (χ0n) is 10.7. The number of hydrogen-bond acceptors (Lipinski definition) is 3. The molecule has 1 aromatic carbocycles. The highest BCUT2D eigenvalue weighted by Gasteiger charge is 2.15. The van der Waals surface area contributed by atoms with Gasteiger partial charge in [-0.1, -0.05) is 17.7 Å². The minimum atomic E-state index is 0.441. The van der Waals surface area contributed by atoms with Crippen LogP contribution in [0.15, 0.2) is 18.2 Å². The van der Waals surface area contributed by atoms with Crippen LogP contribution in [0.25, 0.3) is 11.1 Å². The Morgan fingerprint density at radius 1 is 1.44 bits per heavy atom. The Morgan fingerprint density at radius 3 is 2.72 bits per heavy atom. The van der Waals surface area contributed by atoms with Crippen molar-refractivity contribution in [2.45, 2.75) is 13.5 Å². The van der Waals surface area contributed by atoms with E-state index in [1.807, 2.05) is 36.9 Å². The lowest BCUT2D eigenvalue weighted by atomic mass is 10.0. The normalized spacial score (nSPS) is 10.7. The number of halogens is 1. The second-order valence-electron chi connectivity index (χ2n) is 4.08. The van der Waals surface area contributed by atoms with Crippen LogP contribution >= 0.6 is 11.6 Å². The van der Waals surface area contributed by atoms with Crippen LogP contribution in [0.3, 0.4) is 0 Å². The van der Waals surface area contributed by atoms with E-state index in [2.05, 4.69) is 5.10 Å². The lowest BCUT2D eigenvalue weighted by molar-refractivity contribution is 0.415. The monoisotopic (exact) mass is 265 g/mol. The van der Waals surface area contributed by atoms with Crippen LogP contribution in [0.4, 0.5) is 0 Å². The molecule has 0 amide bonds. The summed E-state index contributed by atoms with van der Waals surface area (Å²) in [6, 6.07) is 5.70. The maximum Gasteiger partial charge on any atom is 0.137 e. The molecule has 0 aliphatic rings. The number of ether oxygens (including phenoxy) is 1. The van der Waals surface area contributed by atoms with E-state index < -0.39 is 0 Å². The maximum atomic E-state index is 6.15. The average Bonchev–Trinajstić information content (AvgIpc) is 2.63. The van der Waals surface area contributed by atoms with Crippen LogP contribution in [0.5, 0.6) is 5.75 Å². The SMILES string of the molecule is COc1ccc(-c2c(C)nn(C)c2CN)cc1Cl. The first-order chi connectivity index (χ1) is 8.58. The molecule has 0 unspecified atom stereocenters. The molecule has 0 saturated carbocycles. The van der Waals surface area contributed by atoms with Gasteiger partial charge in [-0.2, -0.15) is 5.10 Å². The first kappa shape index (κ1) is 12.9. The molecule has 4 nitrogen and oxygen atoms in total. The molecule has 0 aliphatic carbocycles. The van der Waals surface area contributed by atoms with Crippen LogP contribution in [0.2, 0.25) is 5.02 Å². The number of aryl methyl sites for hydroxylation is 2. The van der Waals surface area contributed by atoms with Crippen molar-refractivity contribution in [1.29, 1.82) is 0 Å². The van der Waals surface area contributed by atoms with E-state index in [9.17, 15) is 0 Å². The Balaban J connectivity index is 2.58. The molecular formula is C13H16ClN3O. The maximum absolute atomic E-state index is 6.15. The predicted octanol–water partition coefficient (Wildman–Crippen LogP) is 2.52. The second-order valence-corrected chi connectivity index (χ2v) is 4.49. The van der Waals surface area contributed by atoms with Gasteiger partial charge in [-0.3, -0.25) is 4.68 Å². The van der Waals surface area contributed by atoms with Crippen molar-refractivity contribution in [3.05, 3.63) is 34.6 Å². The molecule has 0 bridgehead atoms. The van der Waals surface area contributed by atoms with Crippen LogP contribution in [-0.4, -0.2) is 16.9 Å². The van der Waals surface area contributed by atoms with Crippen molar-refractivity contribution in [2.75, 3.05) is 7.11 Å². The molecule has 18 heavy (non-hydrogen) atoms. The second kappa shape index (κ2) is 5.00. The summed E-state index contributed by atoms with van der Waals surface area (Å²) in [6.07, 6.45) is 0. The molecule has 2 rings (SSSR count). The van der Waals surface area contributed by atoms with Gasteiger partial charge in [0, 0.05) is 19.2 Å². The largest absolute Gasteiger partial charge is 0.495 e. The molecule has 0 saturated heterocycles.